The van der Waals surface area contributed by atoms with E-state index >= 15 is 0 Å². The van der Waals surface area contributed by atoms with Crippen molar-refractivity contribution in [2.45, 2.75) is 25.6 Å². The number of fused-ring (bicyclic) bond motifs is 1. The van der Waals surface area contributed by atoms with Gasteiger partial charge in [-0.15, -0.1) is 0 Å². The number of rotatable bonds is 6. The third-order valence-electron chi connectivity index (χ3n) is 5.36. The molecule has 1 N–H and O–H groups in total. The van der Waals surface area contributed by atoms with Gasteiger partial charge in [0.25, 0.3) is 5.56 Å². The average Bonchev–Trinajstić information content (AvgIpc) is 3.17. The number of nitrogens with one attached hydrogen (secondary N) is 1. The molecular formula is C24H19F3N2O6. The molecule has 0 saturated carbocycles. The summed E-state index contributed by atoms with van der Waals surface area (Å²) in [4.78, 5) is 51.3. The molecule has 182 valence electrons. The number of hydrogen-bond acceptors (Lipinski definition) is 6. The Kier molecular flexibility index (Phi) is 6.33. The number of carbonyl (C=O) groups is 3. The highest BCUT2D eigenvalue weighted by molar-refractivity contribution is 5.95. The largest absolute Gasteiger partial charge is 0.461 e. The number of alkyl halides is 3. The van der Waals surface area contributed by atoms with Crippen LogP contribution in [0.15, 0.2) is 53.3 Å². The predicted molar refractivity (Wildman–Crippen MR) is 119 cm³/mol. The number of Topliss-reactive ketones (excluding diaryl/α,β-unsaturated/α-hetero) is 1. The summed E-state index contributed by atoms with van der Waals surface area (Å²) in [7, 11) is 0. The van der Waals surface area contributed by atoms with Crippen LogP contribution in [0.2, 0.25) is 0 Å². The zero-order valence-corrected chi connectivity index (χ0v) is 18.3. The van der Waals surface area contributed by atoms with Gasteiger partial charge in [0.05, 0.1) is 12.1 Å². The third-order valence-corrected chi connectivity index (χ3v) is 5.36. The smallest absolute Gasteiger partial charge is 0.417 e. The van der Waals surface area contributed by atoms with Gasteiger partial charge >= 0.3 is 18.2 Å². The molecule has 2 heterocycles. The molecule has 1 aliphatic rings. The van der Waals surface area contributed by atoms with Gasteiger partial charge in [0.1, 0.15) is 18.8 Å². The van der Waals surface area contributed by atoms with Gasteiger partial charge in [-0.05, 0) is 36.6 Å². The lowest BCUT2D eigenvalue weighted by Gasteiger charge is -2.15. The molecule has 1 atom stereocenters. The fraction of sp³-hybridized carbons (Fsp3) is 0.250. The van der Waals surface area contributed by atoms with E-state index in [9.17, 15) is 32.3 Å². The molecular weight excluding hydrogens is 469 g/mol. The summed E-state index contributed by atoms with van der Waals surface area (Å²) < 4.78 is 50.4. The molecule has 0 spiro atoms. The molecule has 8 nitrogen and oxygen atoms in total. The van der Waals surface area contributed by atoms with Crippen LogP contribution < -0.4 is 10.5 Å². The van der Waals surface area contributed by atoms with Crippen molar-refractivity contribution in [3.63, 3.8) is 0 Å². The predicted octanol–water partition coefficient (Wildman–Crippen LogP) is 4.06. The number of nitrogens with zero attached hydrogens (tertiary/aromatic N) is 1. The van der Waals surface area contributed by atoms with E-state index in [0.717, 1.165) is 6.07 Å². The second-order valence-corrected chi connectivity index (χ2v) is 8.01. The number of cyclic esters (lactones) is 1. The minimum atomic E-state index is -4.60. The number of benzene rings is 2. The van der Waals surface area contributed by atoms with Crippen molar-refractivity contribution < 1.29 is 37.0 Å². The minimum absolute atomic E-state index is 0.0104. The molecule has 4 rings (SSSR count). The highest BCUT2D eigenvalue weighted by Gasteiger charge is 2.35. The summed E-state index contributed by atoms with van der Waals surface area (Å²) in [5.74, 6) is -1.08. The first-order valence-corrected chi connectivity index (χ1v) is 10.5. The highest BCUT2D eigenvalue weighted by atomic mass is 19.4. The van der Waals surface area contributed by atoms with E-state index in [-0.39, 0.29) is 42.0 Å². The Morgan fingerprint density at radius 1 is 1.14 bits per heavy atom. The van der Waals surface area contributed by atoms with Gasteiger partial charge < -0.3 is 14.5 Å². The molecule has 0 bridgehead atoms. The SMILES string of the molecule is CC(=O)CC(=O)OC[C@@H]1CN(c2ccc3cc(-c4ccccc4C(F)(F)F)[nH]c(=O)c3c2)C(=O)O1. The number of halogens is 3. The van der Waals surface area contributed by atoms with E-state index in [2.05, 4.69) is 4.98 Å². The van der Waals surface area contributed by atoms with Gasteiger partial charge in [-0.1, -0.05) is 24.3 Å². The van der Waals surface area contributed by atoms with Crippen molar-refractivity contribution in [3.05, 3.63) is 64.4 Å². The number of amides is 1. The maximum Gasteiger partial charge on any atom is 0.417 e. The lowest BCUT2D eigenvalue weighted by atomic mass is 10.0. The van der Waals surface area contributed by atoms with Gasteiger partial charge in [-0.3, -0.25) is 19.3 Å². The number of aromatic amines is 1. The zero-order chi connectivity index (χ0) is 25.3. The minimum Gasteiger partial charge on any atom is -0.461 e. The molecule has 1 saturated heterocycles. The molecule has 0 aliphatic carbocycles. The quantitative estimate of drug-likeness (QED) is 0.414. The van der Waals surface area contributed by atoms with Crippen molar-refractivity contribution in [3.8, 4) is 11.3 Å². The van der Waals surface area contributed by atoms with E-state index in [1.165, 1.54) is 54.3 Å². The Morgan fingerprint density at radius 3 is 2.60 bits per heavy atom. The number of H-pyrrole nitrogens is 1. The van der Waals surface area contributed by atoms with Gasteiger partial charge in [0.15, 0.2) is 6.10 Å². The Morgan fingerprint density at radius 2 is 1.89 bits per heavy atom. The second-order valence-electron chi connectivity index (χ2n) is 8.01. The van der Waals surface area contributed by atoms with E-state index in [4.69, 9.17) is 9.47 Å². The van der Waals surface area contributed by atoms with Crippen LogP contribution in [0.3, 0.4) is 0 Å². The molecule has 2 aromatic carbocycles. The molecule has 11 heteroatoms. The highest BCUT2D eigenvalue weighted by Crippen LogP contribution is 2.36. The monoisotopic (exact) mass is 488 g/mol. The number of carbonyl (C=O) groups excluding carboxylic acids is 3. The standard InChI is InChI=1S/C24H19F3N2O6/c1-13(30)8-21(31)34-12-16-11-29(23(33)35-16)15-7-6-14-9-20(28-22(32)18(14)10-15)17-4-2-3-5-19(17)24(25,26)27/h2-7,9-10,16H,8,11-12H2,1H3,(H,28,32)/t16-/m0/s1. The van der Waals surface area contributed by atoms with E-state index in [0.29, 0.717) is 11.1 Å². The van der Waals surface area contributed by atoms with Crippen molar-refractivity contribution in [2.24, 2.45) is 0 Å². The summed E-state index contributed by atoms with van der Waals surface area (Å²) in [6.45, 7) is 1.05. The van der Waals surface area contributed by atoms with Crippen LogP contribution in [0.1, 0.15) is 18.9 Å². The summed E-state index contributed by atoms with van der Waals surface area (Å²) in [6.07, 6.45) is -6.47. The fourth-order valence-corrected chi connectivity index (χ4v) is 3.79. The Balaban J connectivity index is 1.58. The molecule has 3 aromatic rings. The van der Waals surface area contributed by atoms with Crippen LogP contribution in [0, 0.1) is 0 Å². The average molecular weight is 488 g/mol. The molecule has 1 fully saturated rings. The number of anilines is 1. The molecule has 0 radical (unpaired) electrons. The number of hydrogen-bond donors (Lipinski definition) is 1. The van der Waals surface area contributed by atoms with Crippen LogP contribution in [0.4, 0.5) is 23.7 Å². The van der Waals surface area contributed by atoms with Crippen molar-refractivity contribution in [1.82, 2.24) is 4.98 Å². The molecule has 1 amide bonds. The molecule has 1 aromatic heterocycles. The van der Waals surface area contributed by atoms with Crippen molar-refractivity contribution in [2.75, 3.05) is 18.1 Å². The van der Waals surface area contributed by atoms with E-state index in [1.54, 1.807) is 0 Å². The number of pyridine rings is 1. The number of ether oxygens (including phenoxy) is 2. The Bertz CT molecular complexity index is 1380. The summed E-state index contributed by atoms with van der Waals surface area (Å²) in [5.41, 5.74) is -1.32. The van der Waals surface area contributed by atoms with Gasteiger partial charge in [-0.25, -0.2) is 4.79 Å². The van der Waals surface area contributed by atoms with Gasteiger partial charge in [0, 0.05) is 22.3 Å². The van der Waals surface area contributed by atoms with Crippen LogP contribution >= 0.6 is 0 Å². The van der Waals surface area contributed by atoms with E-state index < -0.39 is 35.5 Å². The van der Waals surface area contributed by atoms with Crippen LogP contribution in [0.25, 0.3) is 22.0 Å². The lowest BCUT2D eigenvalue weighted by Crippen LogP contribution is -2.27. The first kappa shape index (κ1) is 24.0. The Hall–Kier alpha value is -4.15. The maximum atomic E-state index is 13.4. The normalized spacial score (nSPS) is 15.8. The van der Waals surface area contributed by atoms with Crippen LogP contribution in [0.5, 0.6) is 0 Å². The number of ketones is 1. The topological polar surface area (TPSA) is 106 Å². The van der Waals surface area contributed by atoms with Crippen LogP contribution in [-0.2, 0) is 25.2 Å². The molecule has 1 aliphatic heterocycles. The third kappa shape index (κ3) is 5.18. The first-order valence-electron chi connectivity index (χ1n) is 10.5. The van der Waals surface area contributed by atoms with Gasteiger partial charge in [-0.2, -0.15) is 13.2 Å². The summed E-state index contributed by atoms with van der Waals surface area (Å²) >= 11 is 0. The number of esters is 1. The Labute approximate surface area is 196 Å². The second kappa shape index (κ2) is 9.24. The fourth-order valence-electron chi connectivity index (χ4n) is 3.79. The number of aromatic nitrogens is 1. The van der Waals surface area contributed by atoms with Crippen molar-refractivity contribution in [1.29, 1.82) is 0 Å². The zero-order valence-electron chi connectivity index (χ0n) is 18.3. The van der Waals surface area contributed by atoms with Crippen molar-refractivity contribution >= 4 is 34.3 Å². The molecule has 35 heavy (non-hydrogen) atoms. The summed E-state index contributed by atoms with van der Waals surface area (Å²) in [5, 5.41) is 0.548. The summed E-state index contributed by atoms with van der Waals surface area (Å²) in [6, 6.07) is 10.8. The maximum absolute atomic E-state index is 13.4. The van der Waals surface area contributed by atoms with E-state index in [1.807, 2.05) is 0 Å². The first-order chi connectivity index (χ1) is 16.5. The van der Waals surface area contributed by atoms with Gasteiger partial charge in [0.2, 0.25) is 0 Å². The lowest BCUT2D eigenvalue weighted by molar-refractivity contribution is -0.147. The molecule has 0 unspecified atom stereocenters. The van der Waals surface area contributed by atoms with Crippen LogP contribution in [-0.4, -0.2) is 42.1 Å².